The molecule has 2 atom stereocenters. The Morgan fingerprint density at radius 1 is 0.853 bits per heavy atom. The molecule has 178 valence electrons. The van der Waals surface area contributed by atoms with Crippen LogP contribution in [0.25, 0.3) is 0 Å². The van der Waals surface area contributed by atoms with E-state index in [1.165, 1.54) is 32.4 Å². The Balaban J connectivity index is 1.32. The van der Waals surface area contributed by atoms with Crippen LogP contribution in [0.3, 0.4) is 0 Å². The lowest BCUT2D eigenvalue weighted by Gasteiger charge is -2.34. The highest BCUT2D eigenvalue weighted by atomic mass is 16.5. The number of aromatic hydroxyl groups is 2. The van der Waals surface area contributed by atoms with Gasteiger partial charge < -0.3 is 24.6 Å². The first-order valence-electron chi connectivity index (χ1n) is 12.4. The number of piperidine rings is 1. The van der Waals surface area contributed by atoms with Gasteiger partial charge in [-0.05, 0) is 73.8 Å². The van der Waals surface area contributed by atoms with Crippen LogP contribution in [0.15, 0.2) is 66.7 Å². The number of hydrogen-bond donors (Lipinski definition) is 2. The summed E-state index contributed by atoms with van der Waals surface area (Å²) in [4.78, 5) is 2.54. The lowest BCUT2D eigenvalue weighted by atomic mass is 9.76. The van der Waals surface area contributed by atoms with Crippen molar-refractivity contribution in [3.05, 3.63) is 83.4 Å². The molecule has 2 aliphatic rings. The van der Waals surface area contributed by atoms with Crippen LogP contribution in [-0.2, 0) is 0 Å². The van der Waals surface area contributed by atoms with Crippen molar-refractivity contribution in [2.75, 3.05) is 32.8 Å². The first-order valence-corrected chi connectivity index (χ1v) is 12.4. The average Bonchev–Trinajstić information content (AvgIpc) is 2.87. The van der Waals surface area contributed by atoms with E-state index in [1.807, 2.05) is 36.4 Å². The molecule has 0 amide bonds. The maximum atomic E-state index is 10.1. The predicted molar refractivity (Wildman–Crippen MR) is 133 cm³/mol. The van der Waals surface area contributed by atoms with Gasteiger partial charge in [0.1, 0.15) is 23.0 Å². The maximum absolute atomic E-state index is 10.1. The van der Waals surface area contributed by atoms with Gasteiger partial charge in [0.2, 0.25) is 0 Å². The molecule has 0 aromatic heterocycles. The van der Waals surface area contributed by atoms with Crippen LogP contribution in [0.1, 0.15) is 54.2 Å². The Labute approximate surface area is 201 Å². The van der Waals surface area contributed by atoms with Crippen LogP contribution in [-0.4, -0.2) is 48.0 Å². The molecule has 2 unspecified atom stereocenters. The molecule has 0 radical (unpaired) electrons. The second-order valence-electron chi connectivity index (χ2n) is 9.39. The number of rotatable bonds is 7. The van der Waals surface area contributed by atoms with E-state index in [-0.39, 0.29) is 23.3 Å². The fourth-order valence-corrected chi connectivity index (χ4v) is 5.29. The van der Waals surface area contributed by atoms with Gasteiger partial charge in [-0.1, -0.05) is 36.8 Å². The maximum Gasteiger partial charge on any atom is 0.126 e. The lowest BCUT2D eigenvalue weighted by Crippen LogP contribution is -2.31. The number of hydrogen-bond acceptors (Lipinski definition) is 5. The van der Waals surface area contributed by atoms with E-state index in [1.54, 1.807) is 18.2 Å². The zero-order valence-electron chi connectivity index (χ0n) is 19.5. The molecule has 5 rings (SSSR count). The number of ether oxygens (including phenoxy) is 2. The van der Waals surface area contributed by atoms with E-state index in [0.717, 1.165) is 42.0 Å². The predicted octanol–water partition coefficient (Wildman–Crippen LogP) is 5.66. The van der Waals surface area contributed by atoms with Crippen molar-refractivity contribution in [3.8, 4) is 23.0 Å². The van der Waals surface area contributed by atoms with Gasteiger partial charge in [0.05, 0.1) is 13.2 Å². The minimum atomic E-state index is 0.0410. The quantitative estimate of drug-likeness (QED) is 0.447. The summed E-state index contributed by atoms with van der Waals surface area (Å²) in [7, 11) is 0. The number of likely N-dealkylation sites (tertiary alicyclic amines) is 1. The van der Waals surface area contributed by atoms with E-state index < -0.39 is 0 Å². The summed E-state index contributed by atoms with van der Waals surface area (Å²) in [5, 5.41) is 20.0. The molecule has 2 heterocycles. The second kappa shape index (κ2) is 10.4. The topological polar surface area (TPSA) is 62.2 Å². The zero-order valence-corrected chi connectivity index (χ0v) is 19.5. The van der Waals surface area contributed by atoms with Crippen molar-refractivity contribution in [2.45, 2.75) is 37.5 Å². The monoisotopic (exact) mass is 459 g/mol. The molecule has 0 bridgehead atoms. The largest absolute Gasteiger partial charge is 0.508 e. The highest BCUT2D eigenvalue weighted by Crippen LogP contribution is 2.47. The van der Waals surface area contributed by atoms with Gasteiger partial charge in [0, 0.05) is 30.0 Å². The highest BCUT2D eigenvalue weighted by molar-refractivity contribution is 5.51. The Kier molecular flexibility index (Phi) is 6.91. The Morgan fingerprint density at radius 3 is 2.44 bits per heavy atom. The SMILES string of the molecule is Oc1cccc(C2COc3cc(O)ccc3C2c2ccc(OCCCN3CCCCC3)cc2)c1. The molecule has 2 N–H and O–H groups in total. The minimum Gasteiger partial charge on any atom is -0.508 e. The van der Waals surface area contributed by atoms with Crippen LogP contribution in [0.2, 0.25) is 0 Å². The molecular formula is C29H33NO4. The summed E-state index contributed by atoms with van der Waals surface area (Å²) < 4.78 is 12.1. The Bertz CT molecular complexity index is 1090. The summed E-state index contributed by atoms with van der Waals surface area (Å²) in [5.41, 5.74) is 3.22. The average molecular weight is 460 g/mol. The van der Waals surface area contributed by atoms with E-state index >= 15 is 0 Å². The summed E-state index contributed by atoms with van der Waals surface area (Å²) in [6, 6.07) is 21.1. The van der Waals surface area contributed by atoms with Crippen LogP contribution in [0, 0.1) is 0 Å². The zero-order chi connectivity index (χ0) is 23.3. The molecule has 2 aliphatic heterocycles. The van der Waals surface area contributed by atoms with Crippen molar-refractivity contribution in [2.24, 2.45) is 0 Å². The molecule has 3 aromatic carbocycles. The lowest BCUT2D eigenvalue weighted by molar-refractivity contribution is 0.205. The minimum absolute atomic E-state index is 0.0410. The van der Waals surface area contributed by atoms with Crippen molar-refractivity contribution in [1.29, 1.82) is 0 Å². The third kappa shape index (κ3) is 5.15. The van der Waals surface area contributed by atoms with Gasteiger partial charge in [-0.2, -0.15) is 0 Å². The van der Waals surface area contributed by atoms with Crippen molar-refractivity contribution in [1.82, 2.24) is 4.90 Å². The number of phenols is 2. The molecule has 5 nitrogen and oxygen atoms in total. The van der Waals surface area contributed by atoms with E-state index in [9.17, 15) is 10.2 Å². The molecule has 0 saturated carbocycles. The number of phenolic OH excluding ortho intramolecular Hbond substituents is 2. The third-order valence-electron chi connectivity index (χ3n) is 7.03. The van der Waals surface area contributed by atoms with Crippen molar-refractivity contribution < 1.29 is 19.7 Å². The third-order valence-corrected chi connectivity index (χ3v) is 7.03. The summed E-state index contributed by atoms with van der Waals surface area (Å²) in [6.07, 6.45) is 5.05. The van der Waals surface area contributed by atoms with Crippen LogP contribution in [0.4, 0.5) is 0 Å². The molecule has 3 aromatic rings. The summed E-state index contributed by atoms with van der Waals surface area (Å²) in [6.45, 7) is 4.74. The highest BCUT2D eigenvalue weighted by Gasteiger charge is 2.33. The molecule has 0 spiro atoms. The normalized spacial score (nSPS) is 20.4. The molecule has 1 saturated heterocycles. The standard InChI is InChI=1S/C29H33NO4/c31-23-7-4-6-22(18-23)27-20-34-28-19-24(32)10-13-26(28)29(27)21-8-11-25(12-9-21)33-17-5-16-30-14-2-1-3-15-30/h4,6-13,18-19,27,29,31-32H,1-3,5,14-17,20H2. The van der Waals surface area contributed by atoms with E-state index in [0.29, 0.717) is 12.4 Å². The van der Waals surface area contributed by atoms with Gasteiger partial charge in [0.15, 0.2) is 0 Å². The number of benzene rings is 3. The van der Waals surface area contributed by atoms with Gasteiger partial charge in [-0.3, -0.25) is 0 Å². The van der Waals surface area contributed by atoms with Crippen molar-refractivity contribution >= 4 is 0 Å². The first-order chi connectivity index (χ1) is 16.7. The summed E-state index contributed by atoms with van der Waals surface area (Å²) >= 11 is 0. The number of fused-ring (bicyclic) bond motifs is 1. The smallest absolute Gasteiger partial charge is 0.126 e. The molecular weight excluding hydrogens is 426 g/mol. The molecule has 5 heteroatoms. The van der Waals surface area contributed by atoms with Crippen LogP contribution in [0.5, 0.6) is 23.0 Å². The van der Waals surface area contributed by atoms with Gasteiger partial charge in [-0.15, -0.1) is 0 Å². The number of nitrogens with zero attached hydrogens (tertiary/aromatic N) is 1. The molecule has 0 aliphatic carbocycles. The molecule has 1 fully saturated rings. The van der Waals surface area contributed by atoms with Gasteiger partial charge >= 0.3 is 0 Å². The van der Waals surface area contributed by atoms with Crippen LogP contribution < -0.4 is 9.47 Å². The van der Waals surface area contributed by atoms with Crippen molar-refractivity contribution in [3.63, 3.8) is 0 Å². The Morgan fingerprint density at radius 2 is 1.65 bits per heavy atom. The Hall–Kier alpha value is -3.18. The first kappa shape index (κ1) is 22.6. The fraction of sp³-hybridized carbons (Fsp3) is 0.379. The second-order valence-corrected chi connectivity index (χ2v) is 9.39. The van der Waals surface area contributed by atoms with E-state index in [4.69, 9.17) is 9.47 Å². The molecule has 34 heavy (non-hydrogen) atoms. The van der Waals surface area contributed by atoms with E-state index in [2.05, 4.69) is 17.0 Å². The fourth-order valence-electron chi connectivity index (χ4n) is 5.29. The van der Waals surface area contributed by atoms with Crippen LogP contribution >= 0.6 is 0 Å². The summed E-state index contributed by atoms with van der Waals surface area (Å²) in [5.74, 6) is 2.12. The van der Waals surface area contributed by atoms with Gasteiger partial charge in [0.25, 0.3) is 0 Å². The van der Waals surface area contributed by atoms with Gasteiger partial charge in [-0.25, -0.2) is 0 Å².